The van der Waals surface area contributed by atoms with Crippen molar-refractivity contribution in [3.8, 4) is 0 Å². The van der Waals surface area contributed by atoms with Crippen molar-refractivity contribution in [3.63, 3.8) is 0 Å². The Hall–Kier alpha value is -2.08. The lowest BCUT2D eigenvalue weighted by molar-refractivity contribution is -0.132. The maximum atomic E-state index is 13.0. The fraction of sp³-hybridized carbons (Fsp3) is 0.476. The zero-order valence-electron chi connectivity index (χ0n) is 15.7. The first-order chi connectivity index (χ1) is 13.0. The normalized spacial score (nSPS) is 18.8. The van der Waals surface area contributed by atoms with Gasteiger partial charge in [-0.1, -0.05) is 43.5 Å². The Morgan fingerprint density at radius 2 is 1.81 bits per heavy atom. The smallest absolute Gasteiger partial charge is 0.265 e. The highest BCUT2D eigenvalue weighted by Crippen LogP contribution is 2.42. The van der Waals surface area contributed by atoms with Crippen molar-refractivity contribution in [2.75, 3.05) is 17.9 Å². The lowest BCUT2D eigenvalue weighted by Crippen LogP contribution is -2.38. The zero-order valence-corrected chi connectivity index (χ0v) is 16.5. The number of nitrogens with zero attached hydrogens (tertiary/aromatic N) is 2. The van der Waals surface area contributed by atoms with E-state index in [1.165, 1.54) is 23.6 Å². The third-order valence-electron chi connectivity index (χ3n) is 5.95. The van der Waals surface area contributed by atoms with Gasteiger partial charge in [-0.25, -0.2) is 8.42 Å². The number of amides is 1. The molecule has 5 nitrogen and oxygen atoms in total. The summed E-state index contributed by atoms with van der Waals surface area (Å²) in [6.07, 6.45) is 6.72. The molecule has 144 valence electrons. The first-order valence-electron chi connectivity index (χ1n) is 9.80. The maximum absolute atomic E-state index is 13.0. The molecule has 0 atom stereocenters. The van der Waals surface area contributed by atoms with E-state index in [0.717, 1.165) is 29.3 Å². The predicted molar refractivity (Wildman–Crippen MR) is 107 cm³/mol. The van der Waals surface area contributed by atoms with Crippen molar-refractivity contribution in [2.45, 2.75) is 55.9 Å². The fourth-order valence-electron chi connectivity index (χ4n) is 4.42. The van der Waals surface area contributed by atoms with Crippen LogP contribution in [0.2, 0.25) is 0 Å². The van der Waals surface area contributed by atoms with Gasteiger partial charge in [0.05, 0.1) is 10.6 Å². The van der Waals surface area contributed by atoms with Crippen LogP contribution in [0.1, 0.15) is 44.9 Å². The summed E-state index contributed by atoms with van der Waals surface area (Å²) in [6.45, 7) is 0.334. The van der Waals surface area contributed by atoms with Gasteiger partial charge in [0.1, 0.15) is 0 Å². The van der Waals surface area contributed by atoms with Crippen molar-refractivity contribution in [1.82, 2.24) is 4.90 Å². The van der Waals surface area contributed by atoms with Gasteiger partial charge in [0.2, 0.25) is 5.91 Å². The van der Waals surface area contributed by atoms with Crippen LogP contribution in [0.5, 0.6) is 0 Å². The minimum Gasteiger partial charge on any atom is -0.343 e. The molecule has 0 saturated heterocycles. The average molecular weight is 387 g/mol. The topological polar surface area (TPSA) is 57.7 Å². The first-order valence-corrected chi connectivity index (χ1v) is 11.2. The average Bonchev–Trinajstić information content (AvgIpc) is 2.91. The molecule has 27 heavy (non-hydrogen) atoms. The summed E-state index contributed by atoms with van der Waals surface area (Å²) in [5.41, 5.74) is 0.733. The summed E-state index contributed by atoms with van der Waals surface area (Å²) in [4.78, 5) is 14.8. The van der Waals surface area contributed by atoms with Crippen molar-refractivity contribution in [3.05, 3.63) is 36.4 Å². The van der Waals surface area contributed by atoms with Gasteiger partial charge in [-0.05, 0) is 36.8 Å². The van der Waals surface area contributed by atoms with Gasteiger partial charge in [0.15, 0.2) is 0 Å². The molecule has 1 aliphatic carbocycles. The molecule has 1 fully saturated rings. The molecule has 2 aromatic carbocycles. The van der Waals surface area contributed by atoms with E-state index in [-0.39, 0.29) is 5.91 Å². The molecular weight excluding hydrogens is 360 g/mol. The van der Waals surface area contributed by atoms with Crippen LogP contribution in [0.15, 0.2) is 41.3 Å². The van der Waals surface area contributed by atoms with E-state index in [1.54, 1.807) is 12.1 Å². The lowest BCUT2D eigenvalue weighted by Gasteiger charge is -2.31. The molecule has 0 unspecified atom stereocenters. The highest BCUT2D eigenvalue weighted by atomic mass is 32.2. The zero-order chi connectivity index (χ0) is 19.0. The molecule has 0 aromatic heterocycles. The number of carbonyl (C=O) groups is 1. The number of benzene rings is 2. The van der Waals surface area contributed by atoms with E-state index < -0.39 is 10.0 Å². The Morgan fingerprint density at radius 3 is 2.56 bits per heavy atom. The van der Waals surface area contributed by atoms with Crippen LogP contribution in [0.3, 0.4) is 0 Å². The molecule has 0 bridgehead atoms. The van der Waals surface area contributed by atoms with E-state index in [4.69, 9.17) is 0 Å². The molecule has 1 heterocycles. The van der Waals surface area contributed by atoms with Gasteiger partial charge in [-0.2, -0.15) is 0 Å². The van der Waals surface area contributed by atoms with E-state index in [0.29, 0.717) is 30.3 Å². The number of rotatable bonds is 5. The Bertz CT molecular complexity index is 959. The van der Waals surface area contributed by atoms with Crippen LogP contribution in [-0.2, 0) is 14.8 Å². The van der Waals surface area contributed by atoms with Crippen molar-refractivity contribution >= 4 is 32.4 Å². The molecule has 2 aromatic rings. The summed E-state index contributed by atoms with van der Waals surface area (Å²) in [5.74, 6) is 0.120. The Kier molecular flexibility index (Phi) is 4.84. The van der Waals surface area contributed by atoms with Gasteiger partial charge in [0.25, 0.3) is 10.0 Å². The minimum atomic E-state index is -3.53. The third kappa shape index (κ3) is 3.20. The van der Waals surface area contributed by atoms with Gasteiger partial charge in [-0.15, -0.1) is 0 Å². The van der Waals surface area contributed by atoms with E-state index in [9.17, 15) is 13.2 Å². The van der Waals surface area contributed by atoms with E-state index in [1.807, 2.05) is 36.2 Å². The largest absolute Gasteiger partial charge is 0.343 e. The molecule has 6 heteroatoms. The Morgan fingerprint density at radius 1 is 1.11 bits per heavy atom. The van der Waals surface area contributed by atoms with Crippen molar-refractivity contribution in [1.29, 1.82) is 0 Å². The molecule has 0 N–H and O–H groups in total. The minimum absolute atomic E-state index is 0.120. The standard InChI is InChI=1S/C21H26N2O3S/c1-22(17-10-3-2-4-11-17)20(24)14-7-15-23-18-12-5-8-16-9-6-13-19(21(16)18)27(23,25)26/h5-6,8-9,12-13,17H,2-4,7,10-11,14-15H2,1H3. The van der Waals surface area contributed by atoms with Crippen LogP contribution in [0.4, 0.5) is 5.69 Å². The van der Waals surface area contributed by atoms with Crippen LogP contribution in [0, 0.1) is 0 Å². The maximum Gasteiger partial charge on any atom is 0.265 e. The molecule has 0 radical (unpaired) electrons. The highest BCUT2D eigenvalue weighted by Gasteiger charge is 2.35. The summed E-state index contributed by atoms with van der Waals surface area (Å²) >= 11 is 0. The summed E-state index contributed by atoms with van der Waals surface area (Å²) in [7, 11) is -1.64. The van der Waals surface area contributed by atoms with Crippen LogP contribution in [0.25, 0.3) is 10.8 Å². The number of carbonyl (C=O) groups excluding carboxylic acids is 1. The third-order valence-corrected chi connectivity index (χ3v) is 7.80. The highest BCUT2D eigenvalue weighted by molar-refractivity contribution is 7.93. The second-order valence-electron chi connectivity index (χ2n) is 7.61. The quantitative estimate of drug-likeness (QED) is 0.783. The fourth-order valence-corrected chi connectivity index (χ4v) is 6.17. The van der Waals surface area contributed by atoms with E-state index in [2.05, 4.69) is 0 Å². The second-order valence-corrected chi connectivity index (χ2v) is 9.44. The first kappa shape index (κ1) is 18.3. The molecule has 1 saturated carbocycles. The second kappa shape index (κ2) is 7.15. The number of sulfonamides is 1. The molecule has 0 spiro atoms. The summed E-state index contributed by atoms with van der Waals surface area (Å²) in [6, 6.07) is 11.4. The number of anilines is 1. The van der Waals surface area contributed by atoms with Crippen LogP contribution >= 0.6 is 0 Å². The summed E-state index contributed by atoms with van der Waals surface area (Å²) < 4.78 is 27.4. The molecule has 2 aliphatic rings. The Balaban J connectivity index is 1.45. The molecule has 1 aliphatic heterocycles. The number of hydrogen-bond donors (Lipinski definition) is 0. The van der Waals surface area contributed by atoms with Gasteiger partial charge < -0.3 is 4.90 Å². The number of hydrogen-bond acceptors (Lipinski definition) is 3. The van der Waals surface area contributed by atoms with Gasteiger partial charge >= 0.3 is 0 Å². The van der Waals surface area contributed by atoms with Crippen LogP contribution < -0.4 is 4.31 Å². The monoisotopic (exact) mass is 386 g/mol. The molecule has 4 rings (SSSR count). The van der Waals surface area contributed by atoms with E-state index >= 15 is 0 Å². The predicted octanol–water partition coefficient (Wildman–Crippen LogP) is 3.92. The summed E-state index contributed by atoms with van der Waals surface area (Å²) in [5, 5.41) is 1.73. The van der Waals surface area contributed by atoms with Crippen molar-refractivity contribution in [2.24, 2.45) is 0 Å². The van der Waals surface area contributed by atoms with Crippen LogP contribution in [-0.4, -0.2) is 38.9 Å². The molecule has 1 amide bonds. The lowest BCUT2D eigenvalue weighted by atomic mass is 9.94. The SMILES string of the molecule is CN(C(=O)CCCN1c2cccc3cccc(c23)S1(=O)=O)C1CCCCC1. The van der Waals surface area contributed by atoms with Gasteiger partial charge in [-0.3, -0.25) is 9.10 Å². The molecular formula is C21H26N2O3S. The Labute approximate surface area is 161 Å². The van der Waals surface area contributed by atoms with Gasteiger partial charge in [0, 0.05) is 31.4 Å². The van der Waals surface area contributed by atoms with Crippen molar-refractivity contribution < 1.29 is 13.2 Å².